The summed E-state index contributed by atoms with van der Waals surface area (Å²) < 4.78 is 14.5. The summed E-state index contributed by atoms with van der Waals surface area (Å²) in [5, 5.41) is 18.6. The molecule has 0 atom stereocenters. The molecular formula is C21H27N5O3. The van der Waals surface area contributed by atoms with Crippen molar-refractivity contribution in [3.05, 3.63) is 41.3 Å². The van der Waals surface area contributed by atoms with Crippen LogP contribution in [0.25, 0.3) is 11.5 Å². The highest BCUT2D eigenvalue weighted by atomic mass is 16.5. The van der Waals surface area contributed by atoms with Gasteiger partial charge in [-0.15, -0.1) is 0 Å². The number of nitrogens with zero attached hydrogens (tertiary/aromatic N) is 5. The summed E-state index contributed by atoms with van der Waals surface area (Å²) in [6, 6.07) is 7.94. The van der Waals surface area contributed by atoms with Crippen molar-refractivity contribution in [3.63, 3.8) is 0 Å². The molecule has 1 fully saturated rings. The maximum Gasteiger partial charge on any atom is 0.178 e. The maximum atomic E-state index is 9.26. The van der Waals surface area contributed by atoms with Gasteiger partial charge in [0, 0.05) is 38.2 Å². The van der Waals surface area contributed by atoms with E-state index in [2.05, 4.69) is 16.3 Å². The van der Waals surface area contributed by atoms with Crippen LogP contribution in [0.1, 0.15) is 42.3 Å². The molecule has 4 rings (SSSR count). The Hall–Kier alpha value is -2.87. The molecule has 1 aliphatic rings. The van der Waals surface area contributed by atoms with Crippen molar-refractivity contribution in [1.29, 1.82) is 0 Å². The predicted octanol–water partition coefficient (Wildman–Crippen LogP) is 2.55. The number of benzene rings is 1. The number of methoxy groups -OCH3 is 2. The summed E-state index contributed by atoms with van der Waals surface area (Å²) in [5.74, 6) is 3.45. The van der Waals surface area contributed by atoms with Crippen LogP contribution in [0.4, 0.5) is 0 Å². The minimum atomic E-state index is 0.111. The lowest BCUT2D eigenvalue weighted by atomic mass is 10.1. The Bertz CT molecular complexity index is 990. The molecule has 0 saturated heterocycles. The van der Waals surface area contributed by atoms with Crippen LogP contribution in [0.15, 0.2) is 24.3 Å². The Morgan fingerprint density at radius 1 is 1.10 bits per heavy atom. The summed E-state index contributed by atoms with van der Waals surface area (Å²) >= 11 is 0. The lowest BCUT2D eigenvalue weighted by Crippen LogP contribution is -2.05. The SMILES string of the molecule is COc1ccc(Cc2nc(-c3cc(C4CC4)n(C)n3)n(CCCO)n2)cc1OC. The number of hydrogen-bond acceptors (Lipinski definition) is 6. The molecule has 2 heterocycles. The molecule has 8 nitrogen and oxygen atoms in total. The molecule has 0 radical (unpaired) electrons. The van der Waals surface area contributed by atoms with E-state index in [4.69, 9.17) is 14.5 Å². The highest BCUT2D eigenvalue weighted by Crippen LogP contribution is 2.40. The Balaban J connectivity index is 1.64. The lowest BCUT2D eigenvalue weighted by Gasteiger charge is -2.08. The van der Waals surface area contributed by atoms with Crippen molar-refractivity contribution in [2.24, 2.45) is 7.05 Å². The first-order valence-electron chi connectivity index (χ1n) is 9.92. The third-order valence-corrected chi connectivity index (χ3v) is 5.19. The zero-order valence-electron chi connectivity index (χ0n) is 17.1. The number of rotatable bonds is 9. The van der Waals surface area contributed by atoms with E-state index in [1.165, 1.54) is 18.5 Å². The molecule has 1 saturated carbocycles. The van der Waals surface area contributed by atoms with Crippen LogP contribution >= 0.6 is 0 Å². The first-order chi connectivity index (χ1) is 14.1. The van der Waals surface area contributed by atoms with E-state index in [1.807, 2.05) is 34.6 Å². The molecule has 29 heavy (non-hydrogen) atoms. The number of aliphatic hydroxyl groups is 1. The minimum Gasteiger partial charge on any atom is -0.493 e. The Labute approximate surface area is 170 Å². The van der Waals surface area contributed by atoms with Crippen molar-refractivity contribution in [1.82, 2.24) is 24.5 Å². The molecule has 1 aliphatic carbocycles. The Morgan fingerprint density at radius 3 is 2.59 bits per heavy atom. The molecule has 3 aromatic rings. The van der Waals surface area contributed by atoms with Gasteiger partial charge in [0.1, 0.15) is 5.69 Å². The van der Waals surface area contributed by atoms with Gasteiger partial charge < -0.3 is 14.6 Å². The number of hydrogen-bond donors (Lipinski definition) is 1. The average Bonchev–Trinajstić information content (AvgIpc) is 3.39. The fourth-order valence-corrected chi connectivity index (χ4v) is 3.56. The molecule has 0 amide bonds. The fourth-order valence-electron chi connectivity index (χ4n) is 3.56. The first kappa shape index (κ1) is 19.4. The van der Waals surface area contributed by atoms with Crippen LogP contribution in [0.3, 0.4) is 0 Å². The third-order valence-electron chi connectivity index (χ3n) is 5.19. The normalized spacial score (nSPS) is 13.7. The highest BCUT2D eigenvalue weighted by Gasteiger charge is 2.28. The van der Waals surface area contributed by atoms with Crippen molar-refractivity contribution in [3.8, 4) is 23.0 Å². The molecule has 1 aromatic carbocycles. The van der Waals surface area contributed by atoms with Crippen LogP contribution in [0, 0.1) is 0 Å². The molecule has 1 N–H and O–H groups in total. The van der Waals surface area contributed by atoms with Gasteiger partial charge in [0.2, 0.25) is 0 Å². The monoisotopic (exact) mass is 397 g/mol. The van der Waals surface area contributed by atoms with Crippen LogP contribution in [0.2, 0.25) is 0 Å². The second-order valence-electron chi connectivity index (χ2n) is 7.37. The molecule has 0 aliphatic heterocycles. The number of aryl methyl sites for hydroxylation is 2. The Kier molecular flexibility index (Phi) is 5.53. The first-order valence-corrected chi connectivity index (χ1v) is 9.92. The standard InChI is InChI=1S/C21H27N5O3/c1-25-17(15-6-7-15)13-16(23-25)21-22-20(24-26(21)9-4-10-27)12-14-5-8-18(28-2)19(11-14)29-3/h5,8,11,13,15,27H,4,6-7,9-10,12H2,1-3H3. The van der Waals surface area contributed by atoms with E-state index < -0.39 is 0 Å². The lowest BCUT2D eigenvalue weighted by molar-refractivity contribution is 0.277. The maximum absolute atomic E-state index is 9.26. The van der Waals surface area contributed by atoms with Gasteiger partial charge in [0.25, 0.3) is 0 Å². The molecule has 0 spiro atoms. The highest BCUT2D eigenvalue weighted by molar-refractivity contribution is 5.51. The molecule has 0 bridgehead atoms. The summed E-state index contributed by atoms with van der Waals surface area (Å²) in [4.78, 5) is 4.78. The van der Waals surface area contributed by atoms with Crippen LogP contribution in [-0.4, -0.2) is 50.5 Å². The van der Waals surface area contributed by atoms with Gasteiger partial charge in [-0.05, 0) is 43.0 Å². The topological polar surface area (TPSA) is 87.2 Å². The molecule has 154 valence electrons. The minimum absolute atomic E-state index is 0.111. The van der Waals surface area contributed by atoms with Crippen LogP contribution in [-0.2, 0) is 20.0 Å². The van der Waals surface area contributed by atoms with Gasteiger partial charge in [0.05, 0.1) is 14.2 Å². The summed E-state index contributed by atoms with van der Waals surface area (Å²) in [5.41, 5.74) is 3.12. The van der Waals surface area contributed by atoms with E-state index in [-0.39, 0.29) is 6.61 Å². The van der Waals surface area contributed by atoms with E-state index >= 15 is 0 Å². The smallest absolute Gasteiger partial charge is 0.178 e. The molecule has 0 unspecified atom stereocenters. The van der Waals surface area contributed by atoms with Gasteiger partial charge in [-0.25, -0.2) is 9.67 Å². The number of aliphatic hydroxyl groups excluding tert-OH is 1. The molecule has 8 heteroatoms. The Morgan fingerprint density at radius 2 is 1.90 bits per heavy atom. The molecular weight excluding hydrogens is 370 g/mol. The van der Waals surface area contributed by atoms with E-state index in [0.717, 1.165) is 17.1 Å². The van der Waals surface area contributed by atoms with Gasteiger partial charge in [0.15, 0.2) is 23.1 Å². The zero-order chi connectivity index (χ0) is 20.4. The summed E-state index contributed by atoms with van der Waals surface area (Å²) in [6.07, 6.45) is 3.64. The third kappa shape index (κ3) is 4.12. The van der Waals surface area contributed by atoms with Crippen molar-refractivity contribution in [2.45, 2.75) is 38.1 Å². The predicted molar refractivity (Wildman–Crippen MR) is 108 cm³/mol. The van der Waals surface area contributed by atoms with Gasteiger partial charge in [-0.1, -0.05) is 6.07 Å². The van der Waals surface area contributed by atoms with Gasteiger partial charge >= 0.3 is 0 Å². The summed E-state index contributed by atoms with van der Waals surface area (Å²) in [7, 11) is 5.23. The number of aromatic nitrogens is 5. The van der Waals surface area contributed by atoms with Gasteiger partial charge in [-0.3, -0.25) is 4.68 Å². The van der Waals surface area contributed by atoms with E-state index in [1.54, 1.807) is 14.2 Å². The van der Waals surface area contributed by atoms with E-state index in [9.17, 15) is 5.11 Å². The van der Waals surface area contributed by atoms with Crippen molar-refractivity contribution >= 4 is 0 Å². The fraction of sp³-hybridized carbons (Fsp3) is 0.476. The van der Waals surface area contributed by atoms with Crippen molar-refractivity contribution < 1.29 is 14.6 Å². The largest absolute Gasteiger partial charge is 0.493 e. The van der Waals surface area contributed by atoms with Crippen molar-refractivity contribution in [2.75, 3.05) is 20.8 Å². The molecule has 2 aromatic heterocycles. The average molecular weight is 397 g/mol. The van der Waals surface area contributed by atoms with Crippen LogP contribution in [0.5, 0.6) is 11.5 Å². The number of ether oxygens (including phenoxy) is 2. The zero-order valence-corrected chi connectivity index (χ0v) is 17.1. The van der Waals surface area contributed by atoms with Crippen LogP contribution < -0.4 is 9.47 Å². The quantitative estimate of drug-likeness (QED) is 0.597. The summed E-state index contributed by atoms with van der Waals surface area (Å²) in [6.45, 7) is 0.708. The van der Waals surface area contributed by atoms with Gasteiger partial charge in [-0.2, -0.15) is 10.2 Å². The van der Waals surface area contributed by atoms with E-state index in [0.29, 0.717) is 42.6 Å². The second-order valence-corrected chi connectivity index (χ2v) is 7.37. The second kappa shape index (κ2) is 8.24.